The van der Waals surface area contributed by atoms with E-state index in [0.717, 1.165) is 28.6 Å². The van der Waals surface area contributed by atoms with Crippen LogP contribution in [0.1, 0.15) is 11.5 Å². The molecule has 4 amide bonds. The van der Waals surface area contributed by atoms with Crippen molar-refractivity contribution < 1.29 is 27.6 Å². The number of carbonyl (C=O) groups excluding carboxylic acids is 3. The molecule has 0 aliphatic carbocycles. The van der Waals surface area contributed by atoms with Gasteiger partial charge >= 0.3 is 12.2 Å². The number of rotatable bonds is 6. The second-order valence-corrected chi connectivity index (χ2v) is 9.17. The smallest absolute Gasteiger partial charge is 0.338 e. The van der Waals surface area contributed by atoms with E-state index in [1.807, 2.05) is 0 Å². The van der Waals surface area contributed by atoms with Gasteiger partial charge in [0.05, 0.1) is 25.1 Å². The molecule has 2 aliphatic heterocycles. The van der Waals surface area contributed by atoms with Gasteiger partial charge in [0.2, 0.25) is 11.7 Å². The van der Waals surface area contributed by atoms with Crippen LogP contribution >= 0.6 is 11.3 Å². The van der Waals surface area contributed by atoms with Gasteiger partial charge in [-0.05, 0) is 12.1 Å². The molecule has 16 heteroatoms. The van der Waals surface area contributed by atoms with Crippen LogP contribution in [0.15, 0.2) is 47.2 Å². The fraction of sp³-hybridized carbons (Fsp3) is 0.273. The van der Waals surface area contributed by atoms with Gasteiger partial charge in [-0.3, -0.25) is 19.5 Å². The summed E-state index contributed by atoms with van der Waals surface area (Å²) in [5, 5.41) is 4.42. The van der Waals surface area contributed by atoms with Crippen molar-refractivity contribution in [1.29, 1.82) is 0 Å². The fourth-order valence-electron chi connectivity index (χ4n) is 3.95. The normalized spacial score (nSPS) is 19.2. The number of nitrogens with one attached hydrogen (secondary N) is 1. The van der Waals surface area contributed by atoms with Crippen molar-refractivity contribution >= 4 is 41.3 Å². The highest BCUT2D eigenvalue weighted by atomic mass is 32.1. The molecule has 0 saturated carbocycles. The molecule has 0 bridgehead atoms. The monoisotopic (exact) mass is 545 g/mol. The van der Waals surface area contributed by atoms with Gasteiger partial charge in [0, 0.05) is 36.6 Å². The maximum Gasteiger partial charge on any atom is 0.451 e. The highest BCUT2D eigenvalue weighted by Crippen LogP contribution is 2.29. The molecule has 0 aromatic carbocycles. The molecule has 5 heterocycles. The van der Waals surface area contributed by atoms with Crippen molar-refractivity contribution in [2.45, 2.75) is 24.9 Å². The third-order valence-corrected chi connectivity index (χ3v) is 6.64. The van der Waals surface area contributed by atoms with Gasteiger partial charge < -0.3 is 15.1 Å². The molecule has 1 saturated heterocycles. The number of nitrogens with zero attached hydrogens (tertiary/aromatic N) is 8. The molecule has 196 valence electrons. The van der Waals surface area contributed by atoms with Crippen LogP contribution in [-0.2, 0) is 22.3 Å². The predicted octanol–water partition coefficient (Wildman–Crippen LogP) is 2.09. The van der Waals surface area contributed by atoms with Crippen molar-refractivity contribution in [3.8, 4) is 10.6 Å². The Morgan fingerprint density at radius 1 is 1.16 bits per heavy atom. The van der Waals surface area contributed by atoms with Crippen molar-refractivity contribution in [3.63, 3.8) is 0 Å². The number of urea groups is 1. The lowest BCUT2D eigenvalue weighted by molar-refractivity contribution is -0.145. The summed E-state index contributed by atoms with van der Waals surface area (Å²) in [5.41, 5.74) is 0.786. The number of hydrogen-bond acceptors (Lipinski definition) is 10. The predicted molar refractivity (Wildman–Crippen MR) is 127 cm³/mol. The molecule has 3 aromatic rings. The number of halogens is 3. The SMILES string of the molecule is CN1C(=O)N(Cc2ccccn2)C(=O)C2C1N=CN2CC(=O)Nc1csc(-c2cnc(C(F)(F)F)nc2)n1. The minimum atomic E-state index is -4.66. The van der Waals surface area contributed by atoms with E-state index >= 15 is 0 Å². The Balaban J connectivity index is 1.24. The average Bonchev–Trinajstić information content (AvgIpc) is 3.53. The van der Waals surface area contributed by atoms with Crippen LogP contribution < -0.4 is 5.32 Å². The maximum absolute atomic E-state index is 13.3. The Labute approximate surface area is 216 Å². The minimum Gasteiger partial charge on any atom is -0.338 e. The number of carbonyl (C=O) groups is 3. The third kappa shape index (κ3) is 4.89. The van der Waals surface area contributed by atoms with Gasteiger partial charge in [-0.2, -0.15) is 13.2 Å². The Hall–Kier alpha value is -4.47. The molecular weight excluding hydrogens is 527 g/mol. The zero-order valence-electron chi connectivity index (χ0n) is 19.5. The fourth-order valence-corrected chi connectivity index (χ4v) is 4.68. The summed E-state index contributed by atoms with van der Waals surface area (Å²) in [6.07, 6.45) is -0.518. The highest BCUT2D eigenvalue weighted by molar-refractivity contribution is 7.13. The summed E-state index contributed by atoms with van der Waals surface area (Å²) in [4.78, 5) is 61.9. The molecule has 2 aliphatic rings. The average molecular weight is 546 g/mol. The number of likely N-dealkylation sites (N-methyl/N-ethyl adjacent to an activating group) is 1. The second-order valence-electron chi connectivity index (χ2n) is 8.31. The van der Waals surface area contributed by atoms with Crippen LogP contribution in [-0.4, -0.2) is 84.6 Å². The summed E-state index contributed by atoms with van der Waals surface area (Å²) in [7, 11) is 1.53. The van der Waals surface area contributed by atoms with E-state index in [1.165, 1.54) is 28.6 Å². The quantitative estimate of drug-likeness (QED) is 0.497. The van der Waals surface area contributed by atoms with Crippen LogP contribution in [0, 0.1) is 0 Å². The summed E-state index contributed by atoms with van der Waals surface area (Å²) in [6, 6.07) is 3.74. The van der Waals surface area contributed by atoms with Crippen LogP contribution in [0.2, 0.25) is 0 Å². The third-order valence-electron chi connectivity index (χ3n) is 5.75. The first kappa shape index (κ1) is 25.2. The topological polar surface area (TPSA) is 137 Å². The number of hydrogen-bond donors (Lipinski definition) is 1. The lowest BCUT2D eigenvalue weighted by atomic mass is 10.1. The summed E-state index contributed by atoms with van der Waals surface area (Å²) in [5.74, 6) is -2.12. The van der Waals surface area contributed by atoms with E-state index in [-0.39, 0.29) is 24.5 Å². The van der Waals surface area contributed by atoms with E-state index in [2.05, 4.69) is 30.2 Å². The largest absolute Gasteiger partial charge is 0.451 e. The molecule has 12 nitrogen and oxygen atoms in total. The lowest BCUT2D eigenvalue weighted by Crippen LogP contribution is -2.64. The molecule has 3 aromatic heterocycles. The van der Waals surface area contributed by atoms with Gasteiger partial charge in [0.15, 0.2) is 12.2 Å². The van der Waals surface area contributed by atoms with Crippen LogP contribution in [0.4, 0.5) is 23.8 Å². The maximum atomic E-state index is 13.3. The van der Waals surface area contributed by atoms with Crippen LogP contribution in [0.25, 0.3) is 10.6 Å². The first-order valence-corrected chi connectivity index (χ1v) is 11.9. The number of anilines is 1. The molecular formula is C22H18F3N9O3S. The van der Waals surface area contributed by atoms with Crippen molar-refractivity contribution in [1.82, 2.24) is 34.6 Å². The van der Waals surface area contributed by atoms with Crippen LogP contribution in [0.3, 0.4) is 0 Å². The van der Waals surface area contributed by atoms with Crippen molar-refractivity contribution in [2.75, 3.05) is 18.9 Å². The van der Waals surface area contributed by atoms with Gasteiger partial charge in [-0.1, -0.05) is 6.07 Å². The van der Waals surface area contributed by atoms with E-state index in [1.54, 1.807) is 24.4 Å². The molecule has 38 heavy (non-hydrogen) atoms. The van der Waals surface area contributed by atoms with E-state index in [9.17, 15) is 27.6 Å². The van der Waals surface area contributed by atoms with E-state index in [4.69, 9.17) is 0 Å². The Morgan fingerprint density at radius 3 is 2.61 bits per heavy atom. The zero-order chi connectivity index (χ0) is 27.0. The number of aliphatic imine (C=N–C) groups is 1. The van der Waals surface area contributed by atoms with E-state index < -0.39 is 42.1 Å². The number of thiazole rings is 1. The van der Waals surface area contributed by atoms with Crippen molar-refractivity contribution in [2.24, 2.45) is 4.99 Å². The lowest BCUT2D eigenvalue weighted by Gasteiger charge is -2.40. The summed E-state index contributed by atoms with van der Waals surface area (Å²) >= 11 is 1.08. The Bertz CT molecular complexity index is 1400. The second kappa shape index (κ2) is 9.77. The van der Waals surface area contributed by atoms with Gasteiger partial charge in [-0.25, -0.2) is 24.7 Å². The summed E-state index contributed by atoms with van der Waals surface area (Å²) < 4.78 is 38.0. The number of aromatic nitrogens is 4. The standard InChI is InChI=1S/C22H18F3N9O3S/c1-32-17-16(19(36)34(21(32)37)8-13-4-2-3-5-26-13)33(11-29-17)9-15(35)30-14-10-38-18(31-14)12-6-27-20(28-7-12)22(23,24)25/h2-7,10-11,16-17H,8-9H2,1H3,(H,30,35). The van der Waals surface area contributed by atoms with Gasteiger partial charge in [0.25, 0.3) is 5.91 Å². The molecule has 1 fully saturated rings. The number of alkyl halides is 3. The summed E-state index contributed by atoms with van der Waals surface area (Å²) in [6.45, 7) is -0.284. The molecule has 5 rings (SSSR count). The first-order valence-electron chi connectivity index (χ1n) is 11.0. The van der Waals surface area contributed by atoms with Crippen molar-refractivity contribution in [3.05, 3.63) is 53.7 Å². The molecule has 1 N–H and O–H groups in total. The number of amides is 4. The number of pyridine rings is 1. The Morgan fingerprint density at radius 2 is 1.92 bits per heavy atom. The molecule has 0 spiro atoms. The first-order chi connectivity index (χ1) is 18.1. The van der Waals surface area contributed by atoms with Gasteiger partial charge in [-0.15, -0.1) is 11.3 Å². The number of imide groups is 1. The molecule has 2 atom stereocenters. The minimum absolute atomic E-state index is 0.0264. The highest BCUT2D eigenvalue weighted by Gasteiger charge is 2.50. The van der Waals surface area contributed by atoms with E-state index in [0.29, 0.717) is 10.7 Å². The Kier molecular flexibility index (Phi) is 6.48. The molecule has 2 unspecified atom stereocenters. The molecule has 0 radical (unpaired) electrons. The zero-order valence-corrected chi connectivity index (χ0v) is 20.3. The number of fused-ring (bicyclic) bond motifs is 1. The van der Waals surface area contributed by atoms with Crippen LogP contribution in [0.5, 0.6) is 0 Å². The van der Waals surface area contributed by atoms with Gasteiger partial charge in [0.1, 0.15) is 10.8 Å².